The fraction of sp³-hybridized carbons (Fsp3) is 0.188. The van der Waals surface area contributed by atoms with Gasteiger partial charge in [-0.25, -0.2) is 4.68 Å². The Kier molecular flexibility index (Phi) is 5.37. The average Bonchev–Trinajstić information content (AvgIpc) is 3.22. The summed E-state index contributed by atoms with van der Waals surface area (Å²) in [5, 5.41) is 11.5. The second kappa shape index (κ2) is 7.69. The van der Waals surface area contributed by atoms with Crippen molar-refractivity contribution in [1.82, 2.24) is 14.9 Å². The van der Waals surface area contributed by atoms with Gasteiger partial charge in [-0.1, -0.05) is 28.4 Å². The number of ether oxygens (including phenoxy) is 1. The van der Waals surface area contributed by atoms with E-state index < -0.39 is 5.91 Å². The molecule has 1 amide bonds. The van der Waals surface area contributed by atoms with Crippen LogP contribution in [0, 0.1) is 0 Å². The minimum Gasteiger partial charge on any atom is -0.360 e. The number of benzene rings is 1. The first-order valence-electron chi connectivity index (χ1n) is 7.40. The molecule has 2 aromatic heterocycles. The lowest BCUT2D eigenvalue weighted by molar-refractivity contribution is 0.0792. The lowest BCUT2D eigenvalue weighted by Gasteiger charge is -2.00. The first-order valence-corrected chi connectivity index (χ1v) is 8.16. The molecule has 1 aromatic carbocycles. The summed E-state index contributed by atoms with van der Waals surface area (Å²) in [4.78, 5) is 12.3. The molecule has 0 atom stereocenters. The minimum atomic E-state index is -0.420. The van der Waals surface area contributed by atoms with E-state index in [2.05, 4.69) is 15.6 Å². The zero-order chi connectivity index (χ0) is 17.8. The second-order valence-corrected chi connectivity index (χ2v) is 5.89. The maximum Gasteiger partial charge on any atom is 0.277 e. The van der Waals surface area contributed by atoms with Crippen molar-refractivity contribution in [1.29, 1.82) is 0 Å². The summed E-state index contributed by atoms with van der Waals surface area (Å²) < 4.78 is 12.0. The topological polar surface area (TPSA) is 82.2 Å². The first kappa shape index (κ1) is 17.5. The van der Waals surface area contributed by atoms with Gasteiger partial charge in [0.25, 0.3) is 5.91 Å². The van der Waals surface area contributed by atoms with Crippen molar-refractivity contribution in [3.8, 4) is 11.3 Å². The number of hydrogen-bond donors (Lipinski definition) is 1. The highest BCUT2D eigenvalue weighted by molar-refractivity contribution is 6.36. The van der Waals surface area contributed by atoms with Crippen LogP contribution in [-0.4, -0.2) is 27.5 Å². The Balaban J connectivity index is 1.71. The van der Waals surface area contributed by atoms with Crippen LogP contribution in [0.15, 0.2) is 41.2 Å². The molecule has 0 aliphatic carbocycles. The Morgan fingerprint density at radius 2 is 2.20 bits per heavy atom. The van der Waals surface area contributed by atoms with Crippen LogP contribution in [0.25, 0.3) is 11.3 Å². The number of halogens is 2. The first-order chi connectivity index (χ1) is 12.1. The predicted octanol–water partition coefficient (Wildman–Crippen LogP) is 4.09. The molecule has 3 aromatic rings. The maximum atomic E-state index is 12.3. The number of carbonyl (C=O) groups is 1. The summed E-state index contributed by atoms with van der Waals surface area (Å²) in [6.07, 6.45) is 3.18. The summed E-state index contributed by atoms with van der Waals surface area (Å²) in [5.74, 6) is -0.0464. The second-order valence-electron chi connectivity index (χ2n) is 5.05. The molecule has 0 aliphatic heterocycles. The van der Waals surface area contributed by atoms with E-state index in [-0.39, 0.29) is 5.69 Å². The molecular formula is C16H14Cl2N4O3. The van der Waals surface area contributed by atoms with E-state index in [9.17, 15) is 4.79 Å². The van der Waals surface area contributed by atoms with Crippen LogP contribution in [0.4, 0.5) is 5.69 Å². The van der Waals surface area contributed by atoms with Gasteiger partial charge >= 0.3 is 0 Å². The van der Waals surface area contributed by atoms with Crippen molar-refractivity contribution in [2.24, 2.45) is 0 Å². The average molecular weight is 381 g/mol. The van der Waals surface area contributed by atoms with Crippen LogP contribution in [0.1, 0.15) is 17.4 Å². The number of carbonyl (C=O) groups excluding carboxylic acids is 1. The quantitative estimate of drug-likeness (QED) is 0.696. The molecule has 0 bridgehead atoms. The van der Waals surface area contributed by atoms with Crippen LogP contribution in [-0.2, 0) is 11.5 Å². The summed E-state index contributed by atoms with van der Waals surface area (Å²) in [6.45, 7) is 2.79. The molecule has 0 spiro atoms. The SMILES string of the molecule is CCOCn1cc(NC(=O)c2cc(-c3ccc(Cl)cc3Cl)on2)cn1. The summed E-state index contributed by atoms with van der Waals surface area (Å²) in [6, 6.07) is 6.48. The summed E-state index contributed by atoms with van der Waals surface area (Å²) in [7, 11) is 0. The summed E-state index contributed by atoms with van der Waals surface area (Å²) in [5.41, 5.74) is 1.25. The van der Waals surface area contributed by atoms with E-state index in [1.54, 1.807) is 29.1 Å². The van der Waals surface area contributed by atoms with E-state index in [0.717, 1.165) is 0 Å². The number of amides is 1. The molecule has 130 valence electrons. The Morgan fingerprint density at radius 1 is 1.36 bits per heavy atom. The van der Waals surface area contributed by atoms with Gasteiger partial charge in [0, 0.05) is 23.3 Å². The van der Waals surface area contributed by atoms with Gasteiger partial charge in [0.05, 0.1) is 23.1 Å². The third-order valence-corrected chi connectivity index (χ3v) is 3.81. The highest BCUT2D eigenvalue weighted by Gasteiger charge is 2.16. The number of anilines is 1. The van der Waals surface area contributed by atoms with Crippen molar-refractivity contribution < 1.29 is 14.1 Å². The molecule has 7 nitrogen and oxygen atoms in total. The predicted molar refractivity (Wildman–Crippen MR) is 93.8 cm³/mol. The number of nitrogens with zero attached hydrogens (tertiary/aromatic N) is 3. The Hall–Kier alpha value is -2.35. The van der Waals surface area contributed by atoms with Gasteiger partial charge in [-0.3, -0.25) is 4.79 Å². The lowest BCUT2D eigenvalue weighted by Crippen LogP contribution is -2.11. The summed E-state index contributed by atoms with van der Waals surface area (Å²) >= 11 is 12.0. The standard InChI is InChI=1S/C16H14Cl2N4O3/c1-2-24-9-22-8-11(7-19-22)20-16(23)14-6-15(25-21-14)12-4-3-10(17)5-13(12)18/h3-8H,2,9H2,1H3,(H,20,23). The Labute approximate surface area is 153 Å². The molecule has 25 heavy (non-hydrogen) atoms. The van der Waals surface area contributed by atoms with E-state index in [4.69, 9.17) is 32.5 Å². The van der Waals surface area contributed by atoms with Gasteiger partial charge in [-0.05, 0) is 25.1 Å². The van der Waals surface area contributed by atoms with E-state index in [0.29, 0.717) is 40.4 Å². The molecule has 0 radical (unpaired) electrons. The maximum absolute atomic E-state index is 12.3. The highest BCUT2D eigenvalue weighted by Crippen LogP contribution is 2.30. The fourth-order valence-corrected chi connectivity index (χ4v) is 2.58. The van der Waals surface area contributed by atoms with Crippen LogP contribution in [0.2, 0.25) is 10.0 Å². The van der Waals surface area contributed by atoms with E-state index in [1.807, 2.05) is 6.92 Å². The molecule has 1 N–H and O–H groups in total. The monoisotopic (exact) mass is 380 g/mol. The van der Waals surface area contributed by atoms with Crippen molar-refractivity contribution in [3.05, 3.63) is 52.4 Å². The van der Waals surface area contributed by atoms with Crippen LogP contribution in [0.5, 0.6) is 0 Å². The minimum absolute atomic E-state index is 0.124. The number of aromatic nitrogens is 3. The molecule has 0 unspecified atom stereocenters. The van der Waals surface area contributed by atoms with Crippen LogP contribution < -0.4 is 5.32 Å². The van der Waals surface area contributed by atoms with Crippen molar-refractivity contribution in [2.45, 2.75) is 13.7 Å². The molecule has 0 saturated heterocycles. The zero-order valence-electron chi connectivity index (χ0n) is 13.2. The van der Waals surface area contributed by atoms with Crippen LogP contribution in [0.3, 0.4) is 0 Å². The number of hydrogen-bond acceptors (Lipinski definition) is 5. The molecule has 9 heteroatoms. The molecule has 0 saturated carbocycles. The smallest absolute Gasteiger partial charge is 0.277 e. The van der Waals surface area contributed by atoms with Gasteiger partial charge in [-0.15, -0.1) is 0 Å². The molecule has 3 rings (SSSR count). The highest BCUT2D eigenvalue weighted by atomic mass is 35.5. The molecule has 2 heterocycles. The fourth-order valence-electron chi connectivity index (χ4n) is 2.08. The molecular weight excluding hydrogens is 367 g/mol. The zero-order valence-corrected chi connectivity index (χ0v) is 14.7. The number of nitrogens with one attached hydrogen (secondary N) is 1. The Morgan fingerprint density at radius 3 is 2.96 bits per heavy atom. The number of rotatable bonds is 6. The Bertz CT molecular complexity index is 891. The third-order valence-electron chi connectivity index (χ3n) is 3.26. The normalized spacial score (nSPS) is 10.8. The van der Waals surface area contributed by atoms with Crippen molar-refractivity contribution >= 4 is 34.8 Å². The van der Waals surface area contributed by atoms with Crippen LogP contribution >= 0.6 is 23.2 Å². The van der Waals surface area contributed by atoms with Gasteiger partial charge in [0.2, 0.25) is 0 Å². The van der Waals surface area contributed by atoms with Gasteiger partial charge in [-0.2, -0.15) is 5.10 Å². The van der Waals surface area contributed by atoms with Gasteiger partial charge in [0.15, 0.2) is 11.5 Å². The van der Waals surface area contributed by atoms with Crippen molar-refractivity contribution in [3.63, 3.8) is 0 Å². The largest absolute Gasteiger partial charge is 0.360 e. The molecule has 0 aliphatic rings. The lowest BCUT2D eigenvalue weighted by atomic mass is 10.1. The molecule has 0 fully saturated rings. The van der Waals surface area contributed by atoms with E-state index in [1.165, 1.54) is 12.3 Å². The van der Waals surface area contributed by atoms with Crippen molar-refractivity contribution in [2.75, 3.05) is 11.9 Å². The van der Waals surface area contributed by atoms with Gasteiger partial charge < -0.3 is 14.6 Å². The third kappa shape index (κ3) is 4.19. The van der Waals surface area contributed by atoms with Gasteiger partial charge in [0.1, 0.15) is 6.73 Å². The van der Waals surface area contributed by atoms with E-state index >= 15 is 0 Å².